The molecule has 2 aliphatic heterocycles. The third kappa shape index (κ3) is 4.77. The van der Waals surface area contributed by atoms with Crippen LogP contribution in [0.2, 0.25) is 0 Å². The smallest absolute Gasteiger partial charge is 0.229 e. The fraction of sp³-hybridized carbons (Fsp3) is 0.400. The largest absolute Gasteiger partial charge is 0.356 e. The normalized spacial score (nSPS) is 16.8. The number of aryl methyl sites for hydroxylation is 1. The Kier molecular flexibility index (Phi) is 6.05. The van der Waals surface area contributed by atoms with E-state index in [0.29, 0.717) is 0 Å². The molecule has 2 aliphatic rings. The number of pyridine rings is 1. The molecule has 32 heavy (non-hydrogen) atoms. The molecule has 0 bridgehead atoms. The lowest BCUT2D eigenvalue weighted by molar-refractivity contribution is 0.572. The van der Waals surface area contributed by atoms with Crippen molar-refractivity contribution in [2.24, 2.45) is 0 Å². The summed E-state index contributed by atoms with van der Waals surface area (Å²) in [7, 11) is 0. The lowest BCUT2D eigenvalue weighted by Crippen LogP contribution is -2.47. The van der Waals surface area contributed by atoms with E-state index in [9.17, 15) is 0 Å². The van der Waals surface area contributed by atoms with Crippen molar-refractivity contribution in [3.05, 3.63) is 60.3 Å². The molecule has 0 aliphatic carbocycles. The first-order chi connectivity index (χ1) is 15.7. The van der Waals surface area contributed by atoms with Gasteiger partial charge in [0.2, 0.25) is 5.95 Å². The number of aromatic nitrogens is 3. The highest BCUT2D eigenvalue weighted by Gasteiger charge is 2.22. The molecule has 2 fully saturated rings. The summed E-state index contributed by atoms with van der Waals surface area (Å²) in [6.07, 6.45) is 5.61. The van der Waals surface area contributed by atoms with Crippen LogP contribution in [0, 0.1) is 6.92 Å². The van der Waals surface area contributed by atoms with Crippen molar-refractivity contribution in [1.82, 2.24) is 15.0 Å². The van der Waals surface area contributed by atoms with E-state index in [0.717, 1.165) is 68.4 Å². The summed E-state index contributed by atoms with van der Waals surface area (Å²) >= 11 is 0. The van der Waals surface area contributed by atoms with Gasteiger partial charge in [-0.1, -0.05) is 23.8 Å². The van der Waals surface area contributed by atoms with Gasteiger partial charge >= 0.3 is 0 Å². The zero-order valence-corrected chi connectivity index (χ0v) is 18.7. The van der Waals surface area contributed by atoms with E-state index in [1.54, 1.807) is 0 Å². The quantitative estimate of drug-likeness (QED) is 0.651. The number of benzene rings is 1. The van der Waals surface area contributed by atoms with E-state index >= 15 is 0 Å². The SMILES string of the molecule is Cc1ccc(Nc2cc(N3CCCCC3)nc(N3CCN(c4ccccn4)CC3)n2)cc1. The molecule has 2 saturated heterocycles. The number of piperidine rings is 1. The predicted molar refractivity (Wildman–Crippen MR) is 131 cm³/mol. The topological polar surface area (TPSA) is 60.4 Å². The maximum absolute atomic E-state index is 5.00. The van der Waals surface area contributed by atoms with Gasteiger partial charge in [0.1, 0.15) is 17.5 Å². The van der Waals surface area contributed by atoms with Crippen LogP contribution in [-0.4, -0.2) is 54.2 Å². The van der Waals surface area contributed by atoms with E-state index in [2.05, 4.69) is 68.3 Å². The highest BCUT2D eigenvalue weighted by molar-refractivity contribution is 5.62. The summed E-state index contributed by atoms with van der Waals surface area (Å²) in [6.45, 7) is 7.81. The van der Waals surface area contributed by atoms with Crippen molar-refractivity contribution < 1.29 is 0 Å². The van der Waals surface area contributed by atoms with Gasteiger partial charge < -0.3 is 20.0 Å². The monoisotopic (exact) mass is 429 g/mol. The van der Waals surface area contributed by atoms with E-state index in [-0.39, 0.29) is 0 Å². The molecule has 7 heteroatoms. The second-order valence-electron chi connectivity index (χ2n) is 8.61. The molecule has 1 aromatic carbocycles. The van der Waals surface area contributed by atoms with Crippen LogP contribution in [0.4, 0.5) is 29.1 Å². The minimum absolute atomic E-state index is 0.809. The molecule has 0 saturated carbocycles. The van der Waals surface area contributed by atoms with Gasteiger partial charge in [0.25, 0.3) is 0 Å². The second kappa shape index (κ2) is 9.42. The Hall–Kier alpha value is -3.35. The van der Waals surface area contributed by atoms with Crippen LogP contribution < -0.4 is 20.0 Å². The lowest BCUT2D eigenvalue weighted by Gasteiger charge is -2.36. The number of hydrogen-bond acceptors (Lipinski definition) is 7. The highest BCUT2D eigenvalue weighted by Crippen LogP contribution is 2.26. The first-order valence-corrected chi connectivity index (χ1v) is 11.6. The van der Waals surface area contributed by atoms with Crippen LogP contribution in [0.3, 0.4) is 0 Å². The summed E-state index contributed by atoms with van der Waals surface area (Å²) in [4.78, 5) is 21.4. The molecule has 7 nitrogen and oxygen atoms in total. The highest BCUT2D eigenvalue weighted by atomic mass is 15.4. The maximum atomic E-state index is 5.00. The van der Waals surface area contributed by atoms with Gasteiger partial charge in [-0.25, -0.2) is 4.98 Å². The number of hydrogen-bond donors (Lipinski definition) is 1. The molecular weight excluding hydrogens is 398 g/mol. The Balaban J connectivity index is 1.37. The van der Waals surface area contributed by atoms with Crippen LogP contribution in [0.1, 0.15) is 24.8 Å². The Morgan fingerprint density at radius 3 is 2.16 bits per heavy atom. The number of anilines is 5. The fourth-order valence-electron chi connectivity index (χ4n) is 4.37. The maximum Gasteiger partial charge on any atom is 0.229 e. The van der Waals surface area contributed by atoms with E-state index < -0.39 is 0 Å². The minimum Gasteiger partial charge on any atom is -0.356 e. The number of rotatable bonds is 5. The van der Waals surface area contributed by atoms with Crippen LogP contribution >= 0.6 is 0 Å². The van der Waals surface area contributed by atoms with Gasteiger partial charge in [0, 0.05) is 57.2 Å². The summed E-state index contributed by atoms with van der Waals surface area (Å²) in [5, 5.41) is 3.50. The molecule has 0 radical (unpaired) electrons. The fourth-order valence-corrected chi connectivity index (χ4v) is 4.37. The van der Waals surface area contributed by atoms with Gasteiger partial charge in [0.05, 0.1) is 0 Å². The van der Waals surface area contributed by atoms with Crippen LogP contribution in [0.25, 0.3) is 0 Å². The first kappa shape index (κ1) is 20.5. The third-order valence-electron chi connectivity index (χ3n) is 6.24. The van der Waals surface area contributed by atoms with Crippen molar-refractivity contribution in [3.63, 3.8) is 0 Å². The molecular formula is C25H31N7. The zero-order valence-electron chi connectivity index (χ0n) is 18.7. The van der Waals surface area contributed by atoms with Gasteiger partial charge in [-0.2, -0.15) is 9.97 Å². The van der Waals surface area contributed by atoms with Crippen molar-refractivity contribution in [1.29, 1.82) is 0 Å². The summed E-state index contributed by atoms with van der Waals surface area (Å²) < 4.78 is 0. The summed E-state index contributed by atoms with van der Waals surface area (Å²) in [6, 6.07) is 16.6. The van der Waals surface area contributed by atoms with Gasteiger partial charge in [0.15, 0.2) is 0 Å². The van der Waals surface area contributed by atoms with E-state index in [4.69, 9.17) is 9.97 Å². The minimum atomic E-state index is 0.809. The molecule has 1 N–H and O–H groups in total. The van der Waals surface area contributed by atoms with Crippen LogP contribution in [-0.2, 0) is 0 Å². The molecule has 0 unspecified atom stereocenters. The molecule has 3 aromatic rings. The Morgan fingerprint density at radius 2 is 1.44 bits per heavy atom. The molecule has 2 aromatic heterocycles. The lowest BCUT2D eigenvalue weighted by atomic mass is 10.1. The van der Waals surface area contributed by atoms with Crippen molar-refractivity contribution in [3.8, 4) is 0 Å². The van der Waals surface area contributed by atoms with Gasteiger partial charge in [-0.05, 0) is 50.5 Å². The molecule has 166 valence electrons. The van der Waals surface area contributed by atoms with E-state index in [1.165, 1.54) is 24.8 Å². The Labute approximate surface area is 190 Å². The zero-order chi connectivity index (χ0) is 21.8. The van der Waals surface area contributed by atoms with Crippen molar-refractivity contribution >= 4 is 29.1 Å². The molecule has 0 atom stereocenters. The number of nitrogens with zero attached hydrogens (tertiary/aromatic N) is 6. The molecule has 5 rings (SSSR count). The van der Waals surface area contributed by atoms with Crippen LogP contribution in [0.15, 0.2) is 54.7 Å². The average Bonchev–Trinajstić information content (AvgIpc) is 2.86. The Bertz CT molecular complexity index is 1010. The first-order valence-electron chi connectivity index (χ1n) is 11.6. The van der Waals surface area contributed by atoms with Crippen molar-refractivity contribution in [2.45, 2.75) is 26.2 Å². The predicted octanol–water partition coefficient (Wildman–Crippen LogP) is 4.24. The Morgan fingerprint density at radius 1 is 0.719 bits per heavy atom. The second-order valence-corrected chi connectivity index (χ2v) is 8.61. The standard InChI is InChI=1S/C25H31N7/c1-20-8-10-21(11-9-20)27-22-19-24(30-13-5-2-6-14-30)29-25(28-22)32-17-15-31(16-18-32)23-7-3-4-12-26-23/h3-4,7-12,19H,2,5-6,13-18H2,1H3,(H,27,28,29). The van der Waals surface area contributed by atoms with Gasteiger partial charge in [-0.15, -0.1) is 0 Å². The number of nitrogens with one attached hydrogen (secondary N) is 1. The summed E-state index contributed by atoms with van der Waals surface area (Å²) in [5.41, 5.74) is 2.29. The molecule has 0 amide bonds. The van der Waals surface area contributed by atoms with E-state index in [1.807, 2.05) is 18.3 Å². The molecule has 0 spiro atoms. The third-order valence-corrected chi connectivity index (χ3v) is 6.24. The van der Waals surface area contributed by atoms with Crippen LogP contribution in [0.5, 0.6) is 0 Å². The van der Waals surface area contributed by atoms with Crippen molar-refractivity contribution in [2.75, 3.05) is 59.3 Å². The number of piperazine rings is 1. The molecule has 4 heterocycles. The summed E-state index contributed by atoms with van der Waals surface area (Å²) in [5.74, 6) is 3.73. The average molecular weight is 430 g/mol. The van der Waals surface area contributed by atoms with Gasteiger partial charge in [-0.3, -0.25) is 0 Å².